The monoisotopic (exact) mass is 263 g/mol. The van der Waals surface area contributed by atoms with Crippen LogP contribution in [-0.4, -0.2) is 14.2 Å². The Bertz CT molecular complexity index is 549. The topological polar surface area (TPSA) is 44.5 Å². The Morgan fingerprint density at radius 3 is 2.61 bits per heavy atom. The van der Waals surface area contributed by atoms with Crippen LogP contribution < -0.4 is 15.2 Å². The minimum Gasteiger partial charge on any atom is -0.497 e. The van der Waals surface area contributed by atoms with E-state index in [1.165, 1.54) is 10.4 Å². The highest BCUT2D eigenvalue weighted by atomic mass is 32.1. The summed E-state index contributed by atoms with van der Waals surface area (Å²) >= 11 is 1.71. The Balaban J connectivity index is 2.59. The van der Waals surface area contributed by atoms with E-state index in [0.717, 1.165) is 22.6 Å². The molecule has 2 N–H and O–H groups in total. The van der Waals surface area contributed by atoms with Gasteiger partial charge in [-0.15, -0.1) is 11.3 Å². The van der Waals surface area contributed by atoms with Gasteiger partial charge in [0.15, 0.2) is 0 Å². The number of nitrogens with two attached hydrogens (primary N) is 1. The molecule has 0 saturated carbocycles. The standard InChI is InChI=1S/C14H17NO2S/c1-9-14(10(7-15)8-18-9)12-5-4-11(16-2)6-13(12)17-3/h4-6,8H,7,15H2,1-3H3. The van der Waals surface area contributed by atoms with Crippen molar-refractivity contribution in [3.63, 3.8) is 0 Å². The maximum absolute atomic E-state index is 5.79. The molecular weight excluding hydrogens is 246 g/mol. The van der Waals surface area contributed by atoms with E-state index in [2.05, 4.69) is 12.3 Å². The van der Waals surface area contributed by atoms with Crippen LogP contribution in [0.2, 0.25) is 0 Å². The normalized spacial score (nSPS) is 10.4. The fraction of sp³-hybridized carbons (Fsp3) is 0.286. The summed E-state index contributed by atoms with van der Waals surface area (Å²) in [5.74, 6) is 1.60. The molecule has 0 atom stereocenters. The zero-order valence-corrected chi connectivity index (χ0v) is 11.6. The lowest BCUT2D eigenvalue weighted by Gasteiger charge is -2.12. The summed E-state index contributed by atoms with van der Waals surface area (Å²) in [4.78, 5) is 1.25. The smallest absolute Gasteiger partial charge is 0.130 e. The summed E-state index contributed by atoms with van der Waals surface area (Å²) < 4.78 is 10.7. The van der Waals surface area contributed by atoms with Crippen LogP contribution in [0.5, 0.6) is 11.5 Å². The number of rotatable bonds is 4. The molecule has 96 valence electrons. The Kier molecular flexibility index (Phi) is 3.89. The fourth-order valence-corrected chi connectivity index (χ4v) is 2.91. The summed E-state index contributed by atoms with van der Waals surface area (Å²) in [6, 6.07) is 5.86. The Morgan fingerprint density at radius 2 is 2.00 bits per heavy atom. The van der Waals surface area contributed by atoms with Gasteiger partial charge >= 0.3 is 0 Å². The Labute approximate surface area is 111 Å². The van der Waals surface area contributed by atoms with Gasteiger partial charge in [-0.3, -0.25) is 0 Å². The highest BCUT2D eigenvalue weighted by Gasteiger charge is 2.14. The summed E-state index contributed by atoms with van der Waals surface area (Å²) in [6.07, 6.45) is 0. The van der Waals surface area contributed by atoms with Crippen molar-refractivity contribution < 1.29 is 9.47 Å². The van der Waals surface area contributed by atoms with Gasteiger partial charge < -0.3 is 15.2 Å². The maximum Gasteiger partial charge on any atom is 0.130 e. The molecule has 0 fully saturated rings. The first-order chi connectivity index (χ1) is 8.71. The molecule has 2 rings (SSSR count). The predicted octanol–water partition coefficient (Wildman–Crippen LogP) is 3.20. The van der Waals surface area contributed by atoms with E-state index < -0.39 is 0 Å². The molecule has 0 amide bonds. The lowest BCUT2D eigenvalue weighted by molar-refractivity contribution is 0.395. The van der Waals surface area contributed by atoms with E-state index in [-0.39, 0.29) is 0 Å². The first-order valence-electron chi connectivity index (χ1n) is 5.70. The summed E-state index contributed by atoms with van der Waals surface area (Å²) in [7, 11) is 3.32. The van der Waals surface area contributed by atoms with E-state index in [1.807, 2.05) is 18.2 Å². The quantitative estimate of drug-likeness (QED) is 0.921. The van der Waals surface area contributed by atoms with Crippen LogP contribution in [0.4, 0.5) is 0 Å². The van der Waals surface area contributed by atoms with Crippen molar-refractivity contribution >= 4 is 11.3 Å². The maximum atomic E-state index is 5.79. The van der Waals surface area contributed by atoms with Crippen molar-refractivity contribution in [3.05, 3.63) is 34.0 Å². The van der Waals surface area contributed by atoms with Gasteiger partial charge in [-0.25, -0.2) is 0 Å². The molecule has 0 unspecified atom stereocenters. The number of hydrogen-bond acceptors (Lipinski definition) is 4. The third kappa shape index (κ3) is 2.21. The van der Waals surface area contributed by atoms with Crippen LogP contribution >= 0.6 is 11.3 Å². The second-order valence-corrected chi connectivity index (χ2v) is 5.05. The minimum absolute atomic E-state index is 0.537. The van der Waals surface area contributed by atoms with Crippen molar-refractivity contribution in [3.8, 4) is 22.6 Å². The summed E-state index contributed by atoms with van der Waals surface area (Å²) in [5.41, 5.74) is 9.19. The fourth-order valence-electron chi connectivity index (χ4n) is 2.02. The zero-order valence-electron chi connectivity index (χ0n) is 10.8. The van der Waals surface area contributed by atoms with Crippen molar-refractivity contribution in [2.24, 2.45) is 5.73 Å². The first-order valence-corrected chi connectivity index (χ1v) is 6.58. The van der Waals surface area contributed by atoms with Gasteiger partial charge in [0.05, 0.1) is 14.2 Å². The highest BCUT2D eigenvalue weighted by molar-refractivity contribution is 7.10. The highest BCUT2D eigenvalue weighted by Crippen LogP contribution is 2.39. The van der Waals surface area contributed by atoms with Crippen molar-refractivity contribution in [1.29, 1.82) is 0 Å². The van der Waals surface area contributed by atoms with Crippen LogP contribution in [0.3, 0.4) is 0 Å². The molecule has 0 bridgehead atoms. The van der Waals surface area contributed by atoms with Crippen LogP contribution in [-0.2, 0) is 6.54 Å². The number of thiophene rings is 1. The lowest BCUT2D eigenvalue weighted by Crippen LogP contribution is -1.98. The molecule has 1 heterocycles. The SMILES string of the molecule is COc1ccc(-c2c(CN)csc2C)c(OC)c1. The number of hydrogen-bond donors (Lipinski definition) is 1. The van der Waals surface area contributed by atoms with Gasteiger partial charge in [0, 0.05) is 28.6 Å². The van der Waals surface area contributed by atoms with Crippen molar-refractivity contribution in [2.75, 3.05) is 14.2 Å². The molecule has 3 nitrogen and oxygen atoms in total. The number of aryl methyl sites for hydroxylation is 1. The van der Waals surface area contributed by atoms with E-state index in [9.17, 15) is 0 Å². The molecule has 0 aliphatic carbocycles. The van der Waals surface area contributed by atoms with Gasteiger partial charge in [-0.1, -0.05) is 0 Å². The molecule has 2 aromatic rings. The van der Waals surface area contributed by atoms with E-state index in [0.29, 0.717) is 6.54 Å². The Hall–Kier alpha value is -1.52. The second-order valence-electron chi connectivity index (χ2n) is 3.96. The molecule has 4 heteroatoms. The summed E-state index contributed by atoms with van der Waals surface area (Å²) in [6.45, 7) is 2.64. The number of ether oxygens (including phenoxy) is 2. The van der Waals surface area contributed by atoms with Crippen LogP contribution in [0, 0.1) is 6.92 Å². The molecule has 0 aliphatic heterocycles. The molecule has 0 saturated heterocycles. The molecule has 18 heavy (non-hydrogen) atoms. The van der Waals surface area contributed by atoms with Gasteiger partial charge in [-0.2, -0.15) is 0 Å². The number of methoxy groups -OCH3 is 2. The minimum atomic E-state index is 0.537. The van der Waals surface area contributed by atoms with Gasteiger partial charge in [0.1, 0.15) is 11.5 Å². The van der Waals surface area contributed by atoms with E-state index >= 15 is 0 Å². The van der Waals surface area contributed by atoms with Gasteiger partial charge in [0.2, 0.25) is 0 Å². The molecule has 1 aromatic heterocycles. The van der Waals surface area contributed by atoms with Gasteiger partial charge in [-0.05, 0) is 30.0 Å². The average Bonchev–Trinajstić information content (AvgIpc) is 2.78. The third-order valence-electron chi connectivity index (χ3n) is 2.95. The second kappa shape index (κ2) is 5.42. The van der Waals surface area contributed by atoms with Gasteiger partial charge in [0.25, 0.3) is 0 Å². The molecule has 0 radical (unpaired) electrons. The van der Waals surface area contributed by atoms with Crippen LogP contribution in [0.15, 0.2) is 23.6 Å². The van der Waals surface area contributed by atoms with Crippen molar-refractivity contribution in [1.82, 2.24) is 0 Å². The van der Waals surface area contributed by atoms with E-state index in [1.54, 1.807) is 25.6 Å². The van der Waals surface area contributed by atoms with Crippen LogP contribution in [0.1, 0.15) is 10.4 Å². The van der Waals surface area contributed by atoms with E-state index in [4.69, 9.17) is 15.2 Å². The lowest BCUT2D eigenvalue weighted by atomic mass is 10.0. The first kappa shape index (κ1) is 12.9. The molecule has 0 spiro atoms. The zero-order chi connectivity index (χ0) is 13.1. The van der Waals surface area contributed by atoms with Crippen LogP contribution in [0.25, 0.3) is 11.1 Å². The predicted molar refractivity (Wildman–Crippen MR) is 75.5 cm³/mol. The number of benzene rings is 1. The molecule has 1 aromatic carbocycles. The average molecular weight is 263 g/mol. The summed E-state index contributed by atoms with van der Waals surface area (Å²) in [5, 5.41) is 2.11. The largest absolute Gasteiger partial charge is 0.497 e. The molecular formula is C14H17NO2S. The molecule has 0 aliphatic rings. The Morgan fingerprint density at radius 1 is 1.22 bits per heavy atom. The third-order valence-corrected chi connectivity index (χ3v) is 3.91. The van der Waals surface area contributed by atoms with Crippen molar-refractivity contribution in [2.45, 2.75) is 13.5 Å².